The first-order valence-electron chi connectivity index (χ1n) is 8.31. The summed E-state index contributed by atoms with van der Waals surface area (Å²) in [4.78, 5) is 11.1. The smallest absolute Gasteiger partial charge is 0.346 e. The second kappa shape index (κ2) is 9.30. The van der Waals surface area contributed by atoms with Crippen LogP contribution < -0.4 is 14.2 Å². The monoisotopic (exact) mass is 367 g/mol. The van der Waals surface area contributed by atoms with Crippen molar-refractivity contribution in [1.82, 2.24) is 0 Å². The van der Waals surface area contributed by atoms with Gasteiger partial charge >= 0.3 is 5.97 Å². The van der Waals surface area contributed by atoms with Gasteiger partial charge in [-0.2, -0.15) is 5.26 Å². The van der Waals surface area contributed by atoms with Crippen LogP contribution in [-0.4, -0.2) is 31.4 Å². The van der Waals surface area contributed by atoms with Gasteiger partial charge in [-0.1, -0.05) is 24.3 Å². The van der Waals surface area contributed by atoms with Crippen molar-refractivity contribution < 1.29 is 24.1 Å². The van der Waals surface area contributed by atoms with E-state index >= 15 is 0 Å². The van der Waals surface area contributed by atoms with E-state index in [9.17, 15) is 4.79 Å². The van der Waals surface area contributed by atoms with Gasteiger partial charge in [-0.05, 0) is 43.2 Å². The summed E-state index contributed by atoms with van der Waals surface area (Å²) in [6.07, 6.45) is 1.26. The minimum absolute atomic E-state index is 0.226. The Morgan fingerprint density at radius 2 is 1.78 bits per heavy atom. The molecule has 2 aromatic carbocycles. The van der Waals surface area contributed by atoms with Crippen molar-refractivity contribution in [2.24, 2.45) is 0 Å². The topological polar surface area (TPSA) is 88.8 Å². The largest absolute Gasteiger partial charge is 0.493 e. The Hall–Kier alpha value is -3.46. The van der Waals surface area contributed by atoms with Crippen LogP contribution in [0.4, 0.5) is 0 Å². The van der Waals surface area contributed by atoms with E-state index in [2.05, 4.69) is 0 Å². The number of carboxylic acids is 1. The molecule has 6 heteroatoms. The predicted molar refractivity (Wildman–Crippen MR) is 101 cm³/mol. The molecule has 0 saturated carbocycles. The highest BCUT2D eigenvalue weighted by atomic mass is 16.5. The summed E-state index contributed by atoms with van der Waals surface area (Å²) < 4.78 is 16.8. The zero-order valence-corrected chi connectivity index (χ0v) is 15.5. The maximum atomic E-state index is 11.1. The van der Waals surface area contributed by atoms with Crippen molar-refractivity contribution in [2.45, 2.75) is 13.8 Å². The fraction of sp³-hybridized carbons (Fsp3) is 0.238. The molecule has 0 unspecified atom stereocenters. The Kier molecular flexibility index (Phi) is 6.84. The number of hydrogen-bond donors (Lipinski definition) is 1. The summed E-state index contributed by atoms with van der Waals surface area (Å²) in [5, 5.41) is 18.0. The quantitative estimate of drug-likeness (QED) is 0.434. The molecule has 0 amide bonds. The van der Waals surface area contributed by atoms with Crippen molar-refractivity contribution in [1.29, 1.82) is 5.26 Å². The van der Waals surface area contributed by atoms with E-state index in [4.69, 9.17) is 24.6 Å². The van der Waals surface area contributed by atoms with E-state index < -0.39 is 5.97 Å². The second-order valence-electron chi connectivity index (χ2n) is 5.75. The summed E-state index contributed by atoms with van der Waals surface area (Å²) in [7, 11) is 1.49. The first kappa shape index (κ1) is 19.9. The van der Waals surface area contributed by atoms with Crippen molar-refractivity contribution in [3.63, 3.8) is 0 Å². The molecule has 27 heavy (non-hydrogen) atoms. The van der Waals surface area contributed by atoms with Crippen molar-refractivity contribution >= 4 is 12.0 Å². The standard InChI is InChI=1S/C21H21NO5/c1-14-6-4-8-18(15(14)2)26-10-11-27-20-16(7-5-9-19(20)25-3)12-17(13-22)21(23)24/h4-9,12H,10-11H2,1-3H3,(H,23,24). The van der Waals surface area contributed by atoms with Crippen LogP contribution in [0.15, 0.2) is 42.0 Å². The van der Waals surface area contributed by atoms with Crippen LogP contribution in [0.3, 0.4) is 0 Å². The van der Waals surface area contributed by atoms with Crippen LogP contribution in [0.2, 0.25) is 0 Å². The van der Waals surface area contributed by atoms with Crippen molar-refractivity contribution in [2.75, 3.05) is 20.3 Å². The van der Waals surface area contributed by atoms with E-state index in [0.717, 1.165) is 16.9 Å². The first-order valence-corrected chi connectivity index (χ1v) is 8.31. The molecular formula is C21H21NO5. The molecule has 0 aromatic heterocycles. The zero-order chi connectivity index (χ0) is 19.8. The molecule has 1 N–H and O–H groups in total. The molecule has 0 saturated heterocycles. The number of para-hydroxylation sites is 1. The second-order valence-corrected chi connectivity index (χ2v) is 5.75. The lowest BCUT2D eigenvalue weighted by Crippen LogP contribution is -2.11. The molecule has 0 spiro atoms. The molecule has 2 aromatic rings. The van der Waals surface area contributed by atoms with Gasteiger partial charge in [0.15, 0.2) is 11.5 Å². The highest BCUT2D eigenvalue weighted by Crippen LogP contribution is 2.32. The van der Waals surface area contributed by atoms with Crippen LogP contribution in [0.1, 0.15) is 16.7 Å². The number of benzene rings is 2. The Morgan fingerprint density at radius 1 is 1.11 bits per heavy atom. The van der Waals surface area contributed by atoms with Crippen LogP contribution >= 0.6 is 0 Å². The van der Waals surface area contributed by atoms with Gasteiger partial charge in [0, 0.05) is 5.56 Å². The number of nitrogens with zero attached hydrogens (tertiary/aromatic N) is 1. The number of methoxy groups -OCH3 is 1. The normalized spacial score (nSPS) is 10.8. The average Bonchev–Trinajstić information content (AvgIpc) is 2.66. The molecule has 0 aliphatic rings. The number of aryl methyl sites for hydroxylation is 1. The summed E-state index contributed by atoms with van der Waals surface area (Å²) in [6.45, 7) is 4.53. The molecule has 0 bridgehead atoms. The molecule has 2 rings (SSSR count). The molecule has 0 aliphatic heterocycles. The Balaban J connectivity index is 2.14. The fourth-order valence-corrected chi connectivity index (χ4v) is 2.43. The molecule has 0 radical (unpaired) electrons. The predicted octanol–water partition coefficient (Wildman–Crippen LogP) is 3.76. The zero-order valence-electron chi connectivity index (χ0n) is 15.5. The van der Waals surface area contributed by atoms with E-state index in [1.54, 1.807) is 24.3 Å². The Morgan fingerprint density at radius 3 is 2.44 bits per heavy atom. The molecule has 0 heterocycles. The van der Waals surface area contributed by atoms with Crippen LogP contribution in [0.5, 0.6) is 17.2 Å². The minimum atomic E-state index is -1.30. The van der Waals surface area contributed by atoms with Gasteiger partial charge in [-0.3, -0.25) is 0 Å². The lowest BCUT2D eigenvalue weighted by atomic mass is 10.1. The van der Waals surface area contributed by atoms with Gasteiger partial charge in [0.1, 0.15) is 30.6 Å². The molecular weight excluding hydrogens is 346 g/mol. The molecule has 0 fully saturated rings. The van der Waals surface area contributed by atoms with Gasteiger partial charge < -0.3 is 19.3 Å². The van der Waals surface area contributed by atoms with Crippen LogP contribution in [-0.2, 0) is 4.79 Å². The third-order valence-corrected chi connectivity index (χ3v) is 4.02. The van der Waals surface area contributed by atoms with Crippen molar-refractivity contribution in [3.8, 4) is 23.3 Å². The SMILES string of the molecule is COc1cccc(C=C(C#N)C(=O)O)c1OCCOc1cccc(C)c1C. The number of hydrogen-bond acceptors (Lipinski definition) is 5. The van der Waals surface area contributed by atoms with Crippen LogP contribution in [0.25, 0.3) is 6.08 Å². The van der Waals surface area contributed by atoms with E-state index in [-0.39, 0.29) is 12.2 Å². The number of rotatable bonds is 8. The maximum absolute atomic E-state index is 11.1. The minimum Gasteiger partial charge on any atom is -0.493 e. The Bertz CT molecular complexity index is 896. The number of ether oxygens (including phenoxy) is 3. The highest BCUT2D eigenvalue weighted by molar-refractivity contribution is 5.97. The molecule has 0 atom stereocenters. The number of carbonyl (C=O) groups is 1. The van der Waals surface area contributed by atoms with E-state index in [1.807, 2.05) is 32.0 Å². The average molecular weight is 367 g/mol. The summed E-state index contributed by atoms with van der Waals surface area (Å²) >= 11 is 0. The van der Waals surface area contributed by atoms with Crippen molar-refractivity contribution in [3.05, 3.63) is 58.7 Å². The maximum Gasteiger partial charge on any atom is 0.346 e. The van der Waals surface area contributed by atoms with Gasteiger partial charge in [0.2, 0.25) is 0 Å². The lowest BCUT2D eigenvalue weighted by molar-refractivity contribution is -0.132. The van der Waals surface area contributed by atoms with E-state index in [0.29, 0.717) is 23.7 Å². The summed E-state index contributed by atoms with van der Waals surface area (Å²) in [5.41, 5.74) is 2.27. The van der Waals surface area contributed by atoms with Gasteiger partial charge in [0.25, 0.3) is 0 Å². The van der Waals surface area contributed by atoms with E-state index in [1.165, 1.54) is 13.2 Å². The number of nitriles is 1. The number of carboxylic acid groups (broad SMARTS) is 1. The molecule has 140 valence electrons. The van der Waals surface area contributed by atoms with Gasteiger partial charge in [-0.15, -0.1) is 0 Å². The summed E-state index contributed by atoms with van der Waals surface area (Å²) in [6, 6.07) is 12.5. The third kappa shape index (κ3) is 5.02. The van der Waals surface area contributed by atoms with Gasteiger partial charge in [-0.25, -0.2) is 4.79 Å². The third-order valence-electron chi connectivity index (χ3n) is 4.02. The summed E-state index contributed by atoms with van der Waals surface area (Å²) in [5.74, 6) is 0.289. The lowest BCUT2D eigenvalue weighted by Gasteiger charge is -2.15. The van der Waals surface area contributed by atoms with Gasteiger partial charge in [0.05, 0.1) is 7.11 Å². The van der Waals surface area contributed by atoms with Crippen LogP contribution in [0, 0.1) is 25.2 Å². The number of aliphatic carboxylic acids is 1. The molecule has 6 nitrogen and oxygen atoms in total. The Labute approximate surface area is 158 Å². The fourth-order valence-electron chi connectivity index (χ4n) is 2.43. The first-order chi connectivity index (χ1) is 13.0. The molecule has 0 aliphatic carbocycles. The highest BCUT2D eigenvalue weighted by Gasteiger charge is 2.13.